The van der Waals surface area contributed by atoms with Crippen molar-refractivity contribution in [2.45, 2.75) is 0 Å². The van der Waals surface area contributed by atoms with E-state index >= 15 is 0 Å². The van der Waals surface area contributed by atoms with Gasteiger partial charge < -0.3 is 9.72 Å². The Labute approximate surface area is 120 Å². The van der Waals surface area contributed by atoms with Crippen LogP contribution in [-0.4, -0.2) is 16.7 Å². The highest BCUT2D eigenvalue weighted by Crippen LogP contribution is 2.24. The van der Waals surface area contributed by atoms with Crippen molar-refractivity contribution < 1.29 is 4.74 Å². The van der Waals surface area contributed by atoms with Crippen LogP contribution in [0.5, 0.6) is 5.75 Å². The maximum absolute atomic E-state index is 6.06. The molecule has 0 unspecified atom stereocenters. The van der Waals surface area contributed by atoms with Crippen LogP contribution in [0, 0.1) is 4.77 Å². The molecular formula is C14H11ClN2OS. The van der Waals surface area contributed by atoms with Gasteiger partial charge in [-0.05, 0) is 42.5 Å². The Morgan fingerprint density at radius 1 is 1.21 bits per heavy atom. The van der Waals surface area contributed by atoms with Gasteiger partial charge in [-0.25, -0.2) is 0 Å². The van der Waals surface area contributed by atoms with Gasteiger partial charge in [0.15, 0.2) is 4.77 Å². The monoisotopic (exact) mass is 290 g/mol. The molecule has 1 N–H and O–H groups in total. The van der Waals surface area contributed by atoms with Crippen LogP contribution in [0.2, 0.25) is 5.02 Å². The first-order chi connectivity index (χ1) is 9.19. The maximum atomic E-state index is 6.06. The Kier molecular flexibility index (Phi) is 3.05. The van der Waals surface area contributed by atoms with Crippen molar-refractivity contribution in [1.29, 1.82) is 0 Å². The number of imidazole rings is 1. The van der Waals surface area contributed by atoms with Crippen molar-refractivity contribution in [3.8, 4) is 11.4 Å². The quantitative estimate of drug-likeness (QED) is 0.711. The van der Waals surface area contributed by atoms with Gasteiger partial charge >= 0.3 is 0 Å². The summed E-state index contributed by atoms with van der Waals surface area (Å²) in [6, 6.07) is 13.4. The van der Waals surface area contributed by atoms with Crippen LogP contribution in [0.4, 0.5) is 0 Å². The number of fused-ring (bicyclic) bond motifs is 1. The molecule has 0 aliphatic heterocycles. The van der Waals surface area contributed by atoms with Crippen LogP contribution in [-0.2, 0) is 0 Å². The predicted octanol–water partition coefficient (Wildman–Crippen LogP) is 4.35. The number of nitrogens with one attached hydrogen (secondary N) is 1. The number of methoxy groups -OCH3 is 1. The SMILES string of the molecule is COc1cccc(-n2c(=S)[nH]c3ccc(Cl)cc32)c1. The Balaban J connectivity index is 2.32. The molecule has 2 aromatic carbocycles. The third-order valence-electron chi connectivity index (χ3n) is 2.96. The lowest BCUT2D eigenvalue weighted by Crippen LogP contribution is -1.94. The highest BCUT2D eigenvalue weighted by Gasteiger charge is 2.07. The summed E-state index contributed by atoms with van der Waals surface area (Å²) in [7, 11) is 1.64. The van der Waals surface area contributed by atoms with Gasteiger partial charge in [-0.1, -0.05) is 17.7 Å². The molecule has 0 spiro atoms. The first-order valence-electron chi connectivity index (χ1n) is 5.74. The van der Waals surface area contributed by atoms with Crippen molar-refractivity contribution in [3.05, 3.63) is 52.3 Å². The van der Waals surface area contributed by atoms with Gasteiger partial charge in [-0.2, -0.15) is 0 Å². The molecule has 0 bridgehead atoms. The minimum atomic E-state index is 0.630. The lowest BCUT2D eigenvalue weighted by Gasteiger charge is -2.07. The molecule has 1 heterocycles. The molecule has 0 aliphatic rings. The number of aromatic nitrogens is 2. The molecule has 0 atom stereocenters. The zero-order valence-corrected chi connectivity index (χ0v) is 11.8. The molecule has 0 aliphatic carbocycles. The Morgan fingerprint density at radius 2 is 2.05 bits per heavy atom. The summed E-state index contributed by atoms with van der Waals surface area (Å²) in [6.45, 7) is 0. The number of H-pyrrole nitrogens is 1. The molecule has 0 amide bonds. The van der Waals surface area contributed by atoms with E-state index < -0.39 is 0 Å². The number of halogens is 1. The topological polar surface area (TPSA) is 29.9 Å². The van der Waals surface area contributed by atoms with Crippen LogP contribution < -0.4 is 4.74 Å². The van der Waals surface area contributed by atoms with E-state index in [1.807, 2.05) is 47.0 Å². The van der Waals surface area contributed by atoms with E-state index in [0.29, 0.717) is 9.79 Å². The molecule has 0 radical (unpaired) electrons. The van der Waals surface area contributed by atoms with Gasteiger partial charge in [-0.15, -0.1) is 0 Å². The fourth-order valence-electron chi connectivity index (χ4n) is 2.08. The van der Waals surface area contributed by atoms with E-state index in [9.17, 15) is 0 Å². The zero-order chi connectivity index (χ0) is 13.4. The van der Waals surface area contributed by atoms with Crippen LogP contribution in [0.1, 0.15) is 0 Å². The van der Waals surface area contributed by atoms with Gasteiger partial charge in [0, 0.05) is 11.1 Å². The zero-order valence-electron chi connectivity index (χ0n) is 10.2. The number of aromatic amines is 1. The van der Waals surface area contributed by atoms with E-state index in [-0.39, 0.29) is 0 Å². The van der Waals surface area contributed by atoms with Crippen LogP contribution in [0.3, 0.4) is 0 Å². The van der Waals surface area contributed by atoms with Crippen molar-refractivity contribution in [1.82, 2.24) is 9.55 Å². The van der Waals surface area contributed by atoms with Crippen molar-refractivity contribution in [3.63, 3.8) is 0 Å². The average Bonchev–Trinajstić information content (AvgIpc) is 2.74. The van der Waals surface area contributed by atoms with Gasteiger partial charge in [0.05, 0.1) is 23.8 Å². The van der Waals surface area contributed by atoms with Crippen LogP contribution in [0.25, 0.3) is 16.7 Å². The summed E-state index contributed by atoms with van der Waals surface area (Å²) in [5, 5.41) is 0.679. The Morgan fingerprint density at radius 3 is 2.84 bits per heavy atom. The van der Waals surface area contributed by atoms with E-state index in [2.05, 4.69) is 4.98 Å². The summed E-state index contributed by atoms with van der Waals surface area (Å²) >= 11 is 11.4. The van der Waals surface area contributed by atoms with Gasteiger partial charge in [0.1, 0.15) is 5.75 Å². The van der Waals surface area contributed by atoms with Gasteiger partial charge in [0.2, 0.25) is 0 Å². The first kappa shape index (κ1) is 12.3. The van der Waals surface area contributed by atoms with Crippen LogP contribution in [0.15, 0.2) is 42.5 Å². The highest BCUT2D eigenvalue weighted by molar-refractivity contribution is 7.71. The Hall–Kier alpha value is -1.78. The standard InChI is InChI=1S/C14H11ClN2OS/c1-18-11-4-2-3-10(8-11)17-13-7-9(15)5-6-12(13)16-14(17)19/h2-8H,1H3,(H,16,19). The second kappa shape index (κ2) is 4.72. The van der Waals surface area contributed by atoms with Crippen LogP contribution >= 0.6 is 23.8 Å². The van der Waals surface area contributed by atoms with E-state index in [0.717, 1.165) is 22.5 Å². The number of hydrogen-bond donors (Lipinski definition) is 1. The Bertz CT molecular complexity index is 807. The number of rotatable bonds is 2. The second-order valence-corrected chi connectivity index (χ2v) is 4.95. The summed E-state index contributed by atoms with van der Waals surface area (Å²) in [5.41, 5.74) is 2.85. The largest absolute Gasteiger partial charge is 0.497 e. The average molecular weight is 291 g/mol. The third kappa shape index (κ3) is 2.13. The van der Waals surface area contributed by atoms with Gasteiger partial charge in [-0.3, -0.25) is 4.57 Å². The fourth-order valence-corrected chi connectivity index (χ4v) is 2.56. The number of hydrogen-bond acceptors (Lipinski definition) is 2. The molecular weight excluding hydrogens is 280 g/mol. The molecule has 19 heavy (non-hydrogen) atoms. The smallest absolute Gasteiger partial charge is 0.182 e. The summed E-state index contributed by atoms with van der Waals surface area (Å²) in [5.74, 6) is 0.788. The van der Waals surface area contributed by atoms with Crippen molar-refractivity contribution >= 4 is 34.9 Å². The molecule has 0 saturated heterocycles. The van der Waals surface area contributed by atoms with E-state index in [4.69, 9.17) is 28.6 Å². The molecule has 3 nitrogen and oxygen atoms in total. The molecule has 0 fully saturated rings. The highest BCUT2D eigenvalue weighted by atomic mass is 35.5. The minimum absolute atomic E-state index is 0.630. The summed E-state index contributed by atoms with van der Waals surface area (Å²) in [6.07, 6.45) is 0. The predicted molar refractivity (Wildman–Crippen MR) is 80.0 cm³/mol. The molecule has 96 valence electrons. The van der Waals surface area contributed by atoms with Gasteiger partial charge in [0.25, 0.3) is 0 Å². The number of ether oxygens (including phenoxy) is 1. The summed E-state index contributed by atoms with van der Waals surface area (Å²) < 4.78 is 7.82. The molecule has 3 rings (SSSR count). The molecule has 5 heteroatoms. The number of nitrogens with zero attached hydrogens (tertiary/aromatic N) is 1. The second-order valence-electron chi connectivity index (χ2n) is 4.13. The van der Waals surface area contributed by atoms with Crippen molar-refractivity contribution in [2.75, 3.05) is 7.11 Å². The first-order valence-corrected chi connectivity index (χ1v) is 6.52. The molecule has 1 aromatic heterocycles. The fraction of sp³-hybridized carbons (Fsp3) is 0.0714. The van der Waals surface area contributed by atoms with Crippen molar-refractivity contribution in [2.24, 2.45) is 0 Å². The number of benzene rings is 2. The van der Waals surface area contributed by atoms with E-state index in [1.165, 1.54) is 0 Å². The third-order valence-corrected chi connectivity index (χ3v) is 3.48. The lowest BCUT2D eigenvalue weighted by molar-refractivity contribution is 0.414. The normalized spacial score (nSPS) is 10.8. The van der Waals surface area contributed by atoms with E-state index in [1.54, 1.807) is 7.11 Å². The lowest BCUT2D eigenvalue weighted by atomic mass is 10.2. The maximum Gasteiger partial charge on any atom is 0.182 e. The molecule has 0 saturated carbocycles. The minimum Gasteiger partial charge on any atom is -0.497 e. The molecule has 3 aromatic rings. The summed E-state index contributed by atoms with van der Waals surface area (Å²) in [4.78, 5) is 3.17.